The van der Waals surface area contributed by atoms with Crippen LogP contribution in [0, 0.1) is 0 Å². The smallest absolute Gasteiger partial charge is 0.191 e. The van der Waals surface area contributed by atoms with E-state index < -0.39 is 0 Å². The maximum Gasteiger partial charge on any atom is 0.191 e. The van der Waals surface area contributed by atoms with E-state index in [9.17, 15) is 5.11 Å². The van der Waals surface area contributed by atoms with E-state index in [1.54, 1.807) is 0 Å². The van der Waals surface area contributed by atoms with Crippen LogP contribution in [0.3, 0.4) is 0 Å². The second-order valence-corrected chi connectivity index (χ2v) is 6.41. The highest BCUT2D eigenvalue weighted by molar-refractivity contribution is 14.0. The average molecular weight is 518 g/mol. The lowest BCUT2D eigenvalue weighted by molar-refractivity contribution is 0.265. The van der Waals surface area contributed by atoms with Gasteiger partial charge in [0.1, 0.15) is 0 Å². The second kappa shape index (κ2) is 12.3. The van der Waals surface area contributed by atoms with Crippen LogP contribution in [0.1, 0.15) is 24.0 Å². The Hall–Kier alpha value is -1.12. The molecule has 0 saturated heterocycles. The van der Waals surface area contributed by atoms with Crippen molar-refractivity contribution in [3.05, 3.63) is 70.2 Å². The largest absolute Gasteiger partial charge is 0.396 e. The molecule has 4 nitrogen and oxygen atoms in total. The molecule has 0 amide bonds. The van der Waals surface area contributed by atoms with E-state index in [4.69, 9.17) is 0 Å². The first-order valence-corrected chi connectivity index (χ1v) is 8.94. The summed E-state index contributed by atoms with van der Waals surface area (Å²) >= 11 is 3.44. The summed E-state index contributed by atoms with van der Waals surface area (Å²) in [7, 11) is 0. The molecule has 0 fully saturated rings. The molecule has 2 aromatic rings. The molecule has 1 atom stereocenters. The summed E-state index contributed by atoms with van der Waals surface area (Å²) in [4.78, 5) is 4.61. The Bertz CT molecular complexity index is 635. The predicted octanol–water partition coefficient (Wildman–Crippen LogP) is 3.90. The molecule has 6 heteroatoms. The van der Waals surface area contributed by atoms with Crippen molar-refractivity contribution in [2.24, 2.45) is 4.99 Å². The number of halogens is 2. The van der Waals surface area contributed by atoms with E-state index in [-0.39, 0.29) is 36.5 Å². The predicted molar refractivity (Wildman–Crippen MR) is 119 cm³/mol. The molecular weight excluding hydrogens is 493 g/mol. The van der Waals surface area contributed by atoms with Crippen molar-refractivity contribution in [3.63, 3.8) is 0 Å². The monoisotopic (exact) mass is 517 g/mol. The molecule has 0 aliphatic heterocycles. The summed E-state index contributed by atoms with van der Waals surface area (Å²) in [5.74, 6) is 0.803. The molecule has 0 aliphatic carbocycles. The van der Waals surface area contributed by atoms with E-state index in [0.717, 1.165) is 28.1 Å². The minimum absolute atomic E-state index is 0. The van der Waals surface area contributed by atoms with Crippen LogP contribution in [0.25, 0.3) is 0 Å². The molecule has 0 saturated carbocycles. The van der Waals surface area contributed by atoms with E-state index in [1.807, 2.05) is 49.4 Å². The number of guanidine groups is 1. The lowest BCUT2D eigenvalue weighted by Crippen LogP contribution is -2.39. The standard InChI is InChI=1S/C19H24BrN3O.HI/c1-2-21-19(22-12-15-8-10-18(20)11-9-15)23-13-17(14-24)16-6-4-3-5-7-16;/h3-11,17,24H,2,12-14H2,1H3,(H2,21,22,23);1H. The lowest BCUT2D eigenvalue weighted by Gasteiger charge is -2.18. The van der Waals surface area contributed by atoms with Gasteiger partial charge in [-0.25, -0.2) is 4.99 Å². The van der Waals surface area contributed by atoms with E-state index in [0.29, 0.717) is 13.1 Å². The minimum Gasteiger partial charge on any atom is -0.396 e. The maximum atomic E-state index is 9.65. The molecule has 0 spiro atoms. The summed E-state index contributed by atoms with van der Waals surface area (Å²) < 4.78 is 1.06. The molecule has 25 heavy (non-hydrogen) atoms. The van der Waals surface area contributed by atoms with Crippen LogP contribution >= 0.6 is 39.9 Å². The quantitative estimate of drug-likeness (QED) is 0.296. The zero-order chi connectivity index (χ0) is 17.2. The van der Waals surface area contributed by atoms with Crippen LogP contribution in [-0.4, -0.2) is 30.8 Å². The van der Waals surface area contributed by atoms with E-state index in [2.05, 4.69) is 43.7 Å². The fourth-order valence-corrected chi connectivity index (χ4v) is 2.60. The Labute approximate surface area is 175 Å². The topological polar surface area (TPSA) is 56.7 Å². The third-order valence-corrected chi connectivity index (χ3v) is 4.21. The highest BCUT2D eigenvalue weighted by atomic mass is 127. The SMILES string of the molecule is CCNC(=NCc1ccc(Br)cc1)NCC(CO)c1ccccc1.I. The van der Waals surface area contributed by atoms with Gasteiger partial charge in [0.25, 0.3) is 0 Å². The summed E-state index contributed by atoms with van der Waals surface area (Å²) in [6.07, 6.45) is 0. The zero-order valence-electron chi connectivity index (χ0n) is 14.3. The van der Waals surface area contributed by atoms with Crippen molar-refractivity contribution in [1.82, 2.24) is 10.6 Å². The fraction of sp³-hybridized carbons (Fsp3) is 0.316. The van der Waals surface area contributed by atoms with E-state index in [1.165, 1.54) is 0 Å². The van der Waals surface area contributed by atoms with Crippen LogP contribution in [-0.2, 0) is 6.54 Å². The molecule has 0 bridgehead atoms. The third-order valence-electron chi connectivity index (χ3n) is 3.68. The first kappa shape index (κ1) is 21.9. The number of aliphatic hydroxyl groups excluding tert-OH is 1. The number of hydrogen-bond donors (Lipinski definition) is 3. The average Bonchev–Trinajstić information content (AvgIpc) is 2.62. The van der Waals surface area contributed by atoms with Crippen molar-refractivity contribution < 1.29 is 5.11 Å². The Morgan fingerprint density at radius 1 is 1.08 bits per heavy atom. The van der Waals surface area contributed by atoms with Crippen LogP contribution < -0.4 is 10.6 Å². The number of hydrogen-bond acceptors (Lipinski definition) is 2. The molecule has 2 aromatic carbocycles. The number of nitrogens with zero attached hydrogens (tertiary/aromatic N) is 1. The normalized spacial score (nSPS) is 12.2. The van der Waals surface area contributed by atoms with Gasteiger partial charge in [-0.15, -0.1) is 24.0 Å². The van der Waals surface area contributed by atoms with E-state index >= 15 is 0 Å². The van der Waals surface area contributed by atoms with Crippen molar-refractivity contribution in [3.8, 4) is 0 Å². The van der Waals surface area contributed by atoms with Crippen LogP contribution in [0.15, 0.2) is 64.1 Å². The van der Waals surface area contributed by atoms with Gasteiger partial charge >= 0.3 is 0 Å². The van der Waals surface area contributed by atoms with Gasteiger partial charge in [-0.1, -0.05) is 58.4 Å². The van der Waals surface area contributed by atoms with Crippen molar-refractivity contribution in [2.45, 2.75) is 19.4 Å². The zero-order valence-corrected chi connectivity index (χ0v) is 18.2. The highest BCUT2D eigenvalue weighted by Gasteiger charge is 2.10. The molecular formula is C19H25BrIN3O. The highest BCUT2D eigenvalue weighted by Crippen LogP contribution is 2.14. The summed E-state index contributed by atoms with van der Waals surface area (Å²) in [5, 5.41) is 16.2. The molecule has 2 rings (SSSR count). The summed E-state index contributed by atoms with van der Waals surface area (Å²) in [5.41, 5.74) is 2.27. The van der Waals surface area contributed by atoms with Gasteiger partial charge in [-0.3, -0.25) is 0 Å². The second-order valence-electron chi connectivity index (χ2n) is 5.49. The third kappa shape index (κ3) is 7.75. The number of aliphatic hydroxyl groups is 1. The van der Waals surface area contributed by atoms with Crippen LogP contribution in [0.5, 0.6) is 0 Å². The van der Waals surface area contributed by atoms with Gasteiger partial charge < -0.3 is 15.7 Å². The Morgan fingerprint density at radius 3 is 2.36 bits per heavy atom. The lowest BCUT2D eigenvalue weighted by atomic mass is 10.0. The number of aliphatic imine (C=N–C) groups is 1. The first-order chi connectivity index (χ1) is 11.7. The molecule has 1 unspecified atom stereocenters. The van der Waals surface area contributed by atoms with Gasteiger partial charge in [0.15, 0.2) is 5.96 Å². The molecule has 0 radical (unpaired) electrons. The molecule has 0 aromatic heterocycles. The van der Waals surface area contributed by atoms with Crippen LogP contribution in [0.2, 0.25) is 0 Å². The van der Waals surface area contributed by atoms with Gasteiger partial charge in [0, 0.05) is 23.5 Å². The van der Waals surface area contributed by atoms with Gasteiger partial charge in [-0.05, 0) is 30.2 Å². The molecule has 0 heterocycles. The van der Waals surface area contributed by atoms with Crippen molar-refractivity contribution >= 4 is 45.9 Å². The molecule has 136 valence electrons. The summed E-state index contributed by atoms with van der Waals surface area (Å²) in [6, 6.07) is 18.2. The Kier molecular flexibility index (Phi) is 10.8. The number of nitrogens with one attached hydrogen (secondary N) is 2. The van der Waals surface area contributed by atoms with Gasteiger partial charge in [0.05, 0.1) is 13.2 Å². The van der Waals surface area contributed by atoms with Crippen LogP contribution in [0.4, 0.5) is 0 Å². The van der Waals surface area contributed by atoms with Crippen molar-refractivity contribution in [1.29, 1.82) is 0 Å². The van der Waals surface area contributed by atoms with Crippen molar-refractivity contribution in [2.75, 3.05) is 19.7 Å². The molecule has 3 N–H and O–H groups in total. The first-order valence-electron chi connectivity index (χ1n) is 8.15. The van der Waals surface area contributed by atoms with Gasteiger partial charge in [0.2, 0.25) is 0 Å². The maximum absolute atomic E-state index is 9.65. The fourth-order valence-electron chi connectivity index (χ4n) is 2.33. The number of rotatable bonds is 7. The molecule has 0 aliphatic rings. The number of benzene rings is 2. The summed E-state index contributed by atoms with van der Waals surface area (Å²) in [6.45, 7) is 4.17. The Morgan fingerprint density at radius 2 is 1.76 bits per heavy atom. The Balaban J connectivity index is 0.00000312. The van der Waals surface area contributed by atoms with Gasteiger partial charge in [-0.2, -0.15) is 0 Å². The minimum atomic E-state index is 0.